The molecule has 1 aromatic heterocycles. The predicted molar refractivity (Wildman–Crippen MR) is 107 cm³/mol. The van der Waals surface area contributed by atoms with E-state index >= 15 is 0 Å². The lowest BCUT2D eigenvalue weighted by atomic mass is 10.2. The highest BCUT2D eigenvalue weighted by molar-refractivity contribution is 6.03. The third-order valence-electron chi connectivity index (χ3n) is 4.04. The lowest BCUT2D eigenvalue weighted by Crippen LogP contribution is -2.24. The lowest BCUT2D eigenvalue weighted by Gasteiger charge is -2.18. The van der Waals surface area contributed by atoms with Gasteiger partial charge in [0.15, 0.2) is 0 Å². The van der Waals surface area contributed by atoms with E-state index in [1.54, 1.807) is 24.5 Å². The first-order valence-corrected chi connectivity index (χ1v) is 8.91. The highest BCUT2D eigenvalue weighted by Crippen LogP contribution is 2.22. The Kier molecular flexibility index (Phi) is 5.99. The van der Waals surface area contributed by atoms with Gasteiger partial charge in [-0.2, -0.15) is 0 Å². The van der Waals surface area contributed by atoms with Crippen LogP contribution in [0, 0.1) is 0 Å². The van der Waals surface area contributed by atoms with E-state index in [-0.39, 0.29) is 5.91 Å². The van der Waals surface area contributed by atoms with Gasteiger partial charge in [0, 0.05) is 31.2 Å². The Morgan fingerprint density at radius 2 is 1.52 bits per heavy atom. The smallest absolute Gasteiger partial charge is 0.258 e. The molecule has 0 atom stereocenters. The Bertz CT molecular complexity index is 861. The van der Waals surface area contributed by atoms with E-state index < -0.39 is 0 Å². The van der Waals surface area contributed by atoms with Gasteiger partial charge in [0.05, 0.1) is 5.56 Å². The number of ether oxygens (including phenoxy) is 1. The highest BCUT2D eigenvalue weighted by atomic mass is 16.5. The van der Waals surface area contributed by atoms with Crippen molar-refractivity contribution in [3.63, 3.8) is 0 Å². The molecule has 6 nitrogen and oxygen atoms in total. The Morgan fingerprint density at radius 3 is 2.11 bits per heavy atom. The van der Waals surface area contributed by atoms with Crippen LogP contribution < -0.4 is 15.0 Å². The summed E-state index contributed by atoms with van der Waals surface area (Å²) in [6.45, 7) is 5.72. The molecule has 1 heterocycles. The number of carbonyl (C=O) groups is 1. The van der Waals surface area contributed by atoms with E-state index in [2.05, 4.69) is 15.3 Å². The second kappa shape index (κ2) is 8.80. The fraction of sp³-hybridized carbons (Fsp3) is 0.190. The summed E-state index contributed by atoms with van der Waals surface area (Å²) in [5.41, 5.74) is 1.09. The van der Waals surface area contributed by atoms with Crippen molar-refractivity contribution in [2.75, 3.05) is 23.3 Å². The van der Waals surface area contributed by atoms with Crippen LogP contribution in [-0.2, 0) is 0 Å². The number of rotatable bonds is 7. The van der Waals surface area contributed by atoms with E-state index in [0.717, 1.165) is 18.8 Å². The molecular weight excluding hydrogens is 340 g/mol. The number of nitrogens with one attached hydrogen (secondary N) is 1. The molecule has 3 rings (SSSR count). The lowest BCUT2D eigenvalue weighted by molar-refractivity contribution is 0.102. The molecule has 3 aromatic rings. The number of aromatic nitrogens is 2. The summed E-state index contributed by atoms with van der Waals surface area (Å²) in [6, 6.07) is 16.7. The molecule has 0 saturated carbocycles. The number of anilines is 2. The topological polar surface area (TPSA) is 67.4 Å². The number of benzene rings is 2. The summed E-state index contributed by atoms with van der Waals surface area (Å²) in [4.78, 5) is 23.0. The summed E-state index contributed by atoms with van der Waals surface area (Å²) >= 11 is 0. The monoisotopic (exact) mass is 362 g/mol. The molecule has 1 amide bonds. The summed E-state index contributed by atoms with van der Waals surface area (Å²) in [7, 11) is 0. The van der Waals surface area contributed by atoms with Crippen molar-refractivity contribution in [1.82, 2.24) is 9.97 Å². The average Bonchev–Trinajstić information content (AvgIpc) is 2.72. The zero-order chi connectivity index (χ0) is 19.1. The standard InChI is InChI=1S/C21H22N4O2/c1-3-25(4-2)21-22-14-16(15-23-21)20(26)24-17-10-12-19(13-11-17)27-18-8-6-5-7-9-18/h5-15H,3-4H2,1-2H3,(H,24,26). The summed E-state index contributed by atoms with van der Waals surface area (Å²) < 4.78 is 5.74. The van der Waals surface area contributed by atoms with E-state index in [9.17, 15) is 4.79 Å². The molecule has 138 valence electrons. The van der Waals surface area contributed by atoms with Gasteiger partial charge in [0.25, 0.3) is 5.91 Å². The summed E-state index contributed by atoms with van der Waals surface area (Å²) in [5, 5.41) is 2.84. The first-order valence-electron chi connectivity index (χ1n) is 8.91. The van der Waals surface area contributed by atoms with Gasteiger partial charge in [-0.05, 0) is 50.2 Å². The number of para-hydroxylation sites is 1. The number of amides is 1. The zero-order valence-electron chi connectivity index (χ0n) is 15.4. The normalized spacial score (nSPS) is 10.3. The SMILES string of the molecule is CCN(CC)c1ncc(C(=O)Nc2ccc(Oc3ccccc3)cc2)cn1. The average molecular weight is 362 g/mol. The van der Waals surface area contributed by atoms with Crippen molar-refractivity contribution >= 4 is 17.5 Å². The van der Waals surface area contributed by atoms with Gasteiger partial charge in [-0.15, -0.1) is 0 Å². The Hall–Kier alpha value is -3.41. The molecule has 6 heteroatoms. The van der Waals surface area contributed by atoms with Crippen LogP contribution in [-0.4, -0.2) is 29.0 Å². The maximum Gasteiger partial charge on any atom is 0.258 e. The maximum atomic E-state index is 12.4. The minimum absolute atomic E-state index is 0.252. The van der Waals surface area contributed by atoms with Crippen LogP contribution >= 0.6 is 0 Å². The van der Waals surface area contributed by atoms with Crippen molar-refractivity contribution in [1.29, 1.82) is 0 Å². The molecule has 0 fully saturated rings. The zero-order valence-corrected chi connectivity index (χ0v) is 15.4. The highest BCUT2D eigenvalue weighted by Gasteiger charge is 2.10. The van der Waals surface area contributed by atoms with Crippen molar-refractivity contribution in [3.05, 3.63) is 72.6 Å². The van der Waals surface area contributed by atoms with Crippen LogP contribution in [0.5, 0.6) is 11.5 Å². The second-order valence-corrected chi connectivity index (χ2v) is 5.84. The van der Waals surface area contributed by atoms with Crippen molar-refractivity contribution < 1.29 is 9.53 Å². The van der Waals surface area contributed by atoms with E-state index in [1.165, 1.54) is 0 Å². The Balaban J connectivity index is 1.62. The molecule has 0 saturated heterocycles. The van der Waals surface area contributed by atoms with E-state index in [1.807, 2.05) is 61.2 Å². The largest absolute Gasteiger partial charge is 0.457 e. The number of hydrogen-bond acceptors (Lipinski definition) is 5. The van der Waals surface area contributed by atoms with Gasteiger partial charge >= 0.3 is 0 Å². The molecule has 0 bridgehead atoms. The first-order chi connectivity index (χ1) is 13.2. The predicted octanol–water partition coefficient (Wildman–Crippen LogP) is 4.37. The van der Waals surface area contributed by atoms with Crippen molar-refractivity contribution in [3.8, 4) is 11.5 Å². The third-order valence-corrected chi connectivity index (χ3v) is 4.04. The second-order valence-electron chi connectivity index (χ2n) is 5.84. The molecule has 0 unspecified atom stereocenters. The summed E-state index contributed by atoms with van der Waals surface area (Å²) in [6.07, 6.45) is 3.09. The van der Waals surface area contributed by atoms with Gasteiger partial charge in [-0.3, -0.25) is 4.79 Å². The Morgan fingerprint density at radius 1 is 0.926 bits per heavy atom. The third kappa shape index (κ3) is 4.82. The van der Waals surface area contributed by atoms with Gasteiger partial charge in [0.1, 0.15) is 11.5 Å². The number of carbonyl (C=O) groups excluding carboxylic acids is 1. The molecule has 0 aliphatic heterocycles. The molecule has 0 aliphatic carbocycles. The van der Waals surface area contributed by atoms with Crippen LogP contribution in [0.4, 0.5) is 11.6 Å². The maximum absolute atomic E-state index is 12.4. The quantitative estimate of drug-likeness (QED) is 0.676. The van der Waals surface area contributed by atoms with Crippen LogP contribution in [0.3, 0.4) is 0 Å². The number of hydrogen-bond donors (Lipinski definition) is 1. The van der Waals surface area contributed by atoms with Gasteiger partial charge < -0.3 is 15.0 Å². The summed E-state index contributed by atoms with van der Waals surface area (Å²) in [5.74, 6) is 1.84. The van der Waals surface area contributed by atoms with Gasteiger partial charge in [0.2, 0.25) is 5.95 Å². The molecule has 27 heavy (non-hydrogen) atoms. The molecule has 1 N–H and O–H groups in total. The fourth-order valence-corrected chi connectivity index (χ4v) is 2.54. The van der Waals surface area contributed by atoms with Crippen molar-refractivity contribution in [2.45, 2.75) is 13.8 Å². The minimum Gasteiger partial charge on any atom is -0.457 e. The van der Waals surface area contributed by atoms with E-state index in [0.29, 0.717) is 22.9 Å². The minimum atomic E-state index is -0.252. The molecular formula is C21H22N4O2. The van der Waals surface area contributed by atoms with Crippen LogP contribution in [0.15, 0.2) is 67.0 Å². The van der Waals surface area contributed by atoms with Crippen LogP contribution in [0.1, 0.15) is 24.2 Å². The van der Waals surface area contributed by atoms with Gasteiger partial charge in [-0.25, -0.2) is 9.97 Å². The molecule has 0 aliphatic rings. The number of nitrogens with zero attached hydrogens (tertiary/aromatic N) is 3. The molecule has 0 spiro atoms. The van der Waals surface area contributed by atoms with Crippen molar-refractivity contribution in [2.24, 2.45) is 0 Å². The Labute approximate surface area is 158 Å². The van der Waals surface area contributed by atoms with Gasteiger partial charge in [-0.1, -0.05) is 18.2 Å². The van der Waals surface area contributed by atoms with E-state index in [4.69, 9.17) is 4.74 Å². The first kappa shape index (κ1) is 18.4. The molecule has 0 radical (unpaired) electrons. The van der Waals surface area contributed by atoms with Crippen LogP contribution in [0.2, 0.25) is 0 Å². The molecule has 2 aromatic carbocycles. The van der Waals surface area contributed by atoms with Crippen LogP contribution in [0.25, 0.3) is 0 Å². The fourth-order valence-electron chi connectivity index (χ4n) is 2.54.